The van der Waals surface area contributed by atoms with E-state index >= 15 is 0 Å². The highest BCUT2D eigenvalue weighted by molar-refractivity contribution is 5.47. The minimum atomic E-state index is -0.637. The lowest BCUT2D eigenvalue weighted by atomic mass is 9.79. The van der Waals surface area contributed by atoms with Crippen LogP contribution in [0.2, 0.25) is 0 Å². The SMILES string of the molecule is c1ccc(C(O[C@@H]2CCC[C@H]3O[C@H]32)(c2ccccc2)c2ccccc2)cc1. The lowest BCUT2D eigenvalue weighted by molar-refractivity contribution is -0.0646. The average Bonchev–Trinajstić information content (AvgIpc) is 3.55. The van der Waals surface area contributed by atoms with E-state index in [1.165, 1.54) is 12.8 Å². The van der Waals surface area contributed by atoms with Crippen LogP contribution in [0.5, 0.6) is 0 Å². The number of hydrogen-bond donors (Lipinski definition) is 0. The van der Waals surface area contributed by atoms with Gasteiger partial charge >= 0.3 is 0 Å². The molecule has 136 valence electrons. The standard InChI is InChI=1S/C25H24O2/c1-4-11-19(12-5-1)25(20-13-6-2-7-14-20,21-15-8-3-9-16-21)27-23-18-10-17-22-24(23)26-22/h1-9,11-16,22-24H,10,17-18H2/t22-,23-,24-/m1/s1. The molecule has 1 aliphatic heterocycles. The molecular formula is C25H24O2. The van der Waals surface area contributed by atoms with Crippen LogP contribution in [0.4, 0.5) is 0 Å². The number of ether oxygens (including phenoxy) is 2. The quantitative estimate of drug-likeness (QED) is 0.456. The van der Waals surface area contributed by atoms with Crippen molar-refractivity contribution in [3.8, 4) is 0 Å². The summed E-state index contributed by atoms with van der Waals surface area (Å²) in [6.45, 7) is 0. The second-order valence-electron chi connectivity index (χ2n) is 7.51. The minimum absolute atomic E-state index is 0.115. The Labute approximate surface area is 160 Å². The summed E-state index contributed by atoms with van der Waals surface area (Å²) in [6.07, 6.45) is 4.14. The van der Waals surface area contributed by atoms with Gasteiger partial charge in [-0.3, -0.25) is 0 Å². The maximum atomic E-state index is 7.07. The molecule has 0 spiro atoms. The normalized spacial score (nSPS) is 24.2. The van der Waals surface area contributed by atoms with Gasteiger partial charge < -0.3 is 9.47 Å². The van der Waals surface area contributed by atoms with Crippen LogP contribution >= 0.6 is 0 Å². The average molecular weight is 356 g/mol. The van der Waals surface area contributed by atoms with Crippen molar-refractivity contribution in [1.82, 2.24) is 0 Å². The van der Waals surface area contributed by atoms with E-state index in [9.17, 15) is 0 Å². The zero-order valence-electron chi connectivity index (χ0n) is 15.3. The van der Waals surface area contributed by atoms with Crippen LogP contribution in [0.25, 0.3) is 0 Å². The Kier molecular flexibility index (Phi) is 4.31. The molecule has 0 N–H and O–H groups in total. The summed E-state index contributed by atoms with van der Waals surface area (Å²) in [7, 11) is 0. The van der Waals surface area contributed by atoms with Gasteiger partial charge in [0.1, 0.15) is 11.7 Å². The van der Waals surface area contributed by atoms with Crippen LogP contribution in [-0.2, 0) is 15.1 Å². The van der Waals surface area contributed by atoms with Crippen molar-refractivity contribution in [3.05, 3.63) is 108 Å². The first-order valence-corrected chi connectivity index (χ1v) is 9.88. The van der Waals surface area contributed by atoms with Crippen molar-refractivity contribution in [3.63, 3.8) is 0 Å². The molecule has 3 atom stereocenters. The van der Waals surface area contributed by atoms with E-state index in [2.05, 4.69) is 91.0 Å². The number of hydrogen-bond acceptors (Lipinski definition) is 2. The van der Waals surface area contributed by atoms with Crippen LogP contribution in [0, 0.1) is 0 Å². The summed E-state index contributed by atoms with van der Waals surface area (Å²) in [5.41, 5.74) is 2.84. The first-order chi connectivity index (χ1) is 13.4. The van der Waals surface area contributed by atoms with Gasteiger partial charge in [-0.15, -0.1) is 0 Å². The van der Waals surface area contributed by atoms with Crippen molar-refractivity contribution in [2.24, 2.45) is 0 Å². The Hall–Kier alpha value is -2.42. The highest BCUT2D eigenvalue weighted by atomic mass is 16.6. The highest BCUT2D eigenvalue weighted by Gasteiger charge is 2.51. The predicted molar refractivity (Wildman–Crippen MR) is 107 cm³/mol. The molecular weight excluding hydrogens is 332 g/mol. The molecule has 1 saturated heterocycles. The molecule has 2 nitrogen and oxygen atoms in total. The van der Waals surface area contributed by atoms with Crippen LogP contribution in [-0.4, -0.2) is 18.3 Å². The predicted octanol–water partition coefficient (Wildman–Crippen LogP) is 5.32. The summed E-state index contributed by atoms with van der Waals surface area (Å²) >= 11 is 0. The minimum Gasteiger partial charge on any atom is -0.367 e. The molecule has 5 rings (SSSR count). The third-order valence-corrected chi connectivity index (χ3v) is 5.83. The smallest absolute Gasteiger partial charge is 0.144 e. The molecule has 0 radical (unpaired) electrons. The van der Waals surface area contributed by atoms with Crippen molar-refractivity contribution in [1.29, 1.82) is 0 Å². The van der Waals surface area contributed by atoms with Gasteiger partial charge in [0, 0.05) is 0 Å². The Morgan fingerprint density at radius 2 is 1.15 bits per heavy atom. The second kappa shape index (κ2) is 6.95. The van der Waals surface area contributed by atoms with E-state index in [0.29, 0.717) is 6.10 Å². The Morgan fingerprint density at radius 1 is 0.667 bits per heavy atom. The molecule has 0 bridgehead atoms. The lowest BCUT2D eigenvalue weighted by Crippen LogP contribution is -2.40. The molecule has 1 heterocycles. The fraction of sp³-hybridized carbons (Fsp3) is 0.280. The van der Waals surface area contributed by atoms with Gasteiger partial charge in [-0.25, -0.2) is 0 Å². The monoisotopic (exact) mass is 356 g/mol. The molecule has 27 heavy (non-hydrogen) atoms. The van der Waals surface area contributed by atoms with E-state index in [4.69, 9.17) is 9.47 Å². The van der Waals surface area contributed by atoms with E-state index in [0.717, 1.165) is 23.1 Å². The molecule has 2 aliphatic rings. The van der Waals surface area contributed by atoms with Crippen molar-refractivity contribution < 1.29 is 9.47 Å². The van der Waals surface area contributed by atoms with Gasteiger partial charge in [0.05, 0.1) is 12.2 Å². The summed E-state index contributed by atoms with van der Waals surface area (Å²) < 4.78 is 13.0. The molecule has 1 saturated carbocycles. The molecule has 0 unspecified atom stereocenters. The largest absolute Gasteiger partial charge is 0.367 e. The van der Waals surface area contributed by atoms with Crippen molar-refractivity contribution >= 4 is 0 Å². The van der Waals surface area contributed by atoms with Crippen LogP contribution < -0.4 is 0 Å². The molecule has 2 fully saturated rings. The Morgan fingerprint density at radius 3 is 1.63 bits per heavy atom. The summed E-state index contributed by atoms with van der Waals surface area (Å²) in [6, 6.07) is 31.8. The van der Waals surface area contributed by atoms with Gasteiger partial charge in [-0.05, 0) is 36.0 Å². The number of epoxide rings is 1. The molecule has 3 aromatic rings. The fourth-order valence-electron chi connectivity index (χ4n) is 4.48. The van der Waals surface area contributed by atoms with Crippen molar-refractivity contribution in [2.45, 2.75) is 43.2 Å². The van der Waals surface area contributed by atoms with Crippen molar-refractivity contribution in [2.75, 3.05) is 0 Å². The molecule has 0 amide bonds. The van der Waals surface area contributed by atoms with Gasteiger partial charge in [-0.2, -0.15) is 0 Å². The lowest BCUT2D eigenvalue weighted by Gasteiger charge is -2.39. The zero-order valence-corrected chi connectivity index (χ0v) is 15.3. The van der Waals surface area contributed by atoms with Crippen LogP contribution in [0.3, 0.4) is 0 Å². The van der Waals surface area contributed by atoms with Crippen LogP contribution in [0.1, 0.15) is 36.0 Å². The molecule has 1 aliphatic carbocycles. The van der Waals surface area contributed by atoms with E-state index in [-0.39, 0.29) is 12.2 Å². The maximum absolute atomic E-state index is 7.07. The van der Waals surface area contributed by atoms with Crippen LogP contribution in [0.15, 0.2) is 91.0 Å². The third kappa shape index (κ3) is 2.99. The van der Waals surface area contributed by atoms with E-state index in [1.807, 2.05) is 0 Å². The third-order valence-electron chi connectivity index (χ3n) is 5.83. The van der Waals surface area contributed by atoms with Gasteiger partial charge in [0.25, 0.3) is 0 Å². The zero-order chi connectivity index (χ0) is 18.1. The van der Waals surface area contributed by atoms with Gasteiger partial charge in [0.2, 0.25) is 0 Å². The van der Waals surface area contributed by atoms with Gasteiger partial charge in [-0.1, -0.05) is 91.0 Å². The summed E-state index contributed by atoms with van der Waals surface area (Å²) in [5, 5.41) is 0. The number of fused-ring (bicyclic) bond motifs is 1. The summed E-state index contributed by atoms with van der Waals surface area (Å²) in [5.74, 6) is 0. The second-order valence-corrected chi connectivity index (χ2v) is 7.51. The first kappa shape index (κ1) is 16.7. The first-order valence-electron chi connectivity index (χ1n) is 9.88. The van der Waals surface area contributed by atoms with E-state index < -0.39 is 5.60 Å². The highest BCUT2D eigenvalue weighted by Crippen LogP contribution is 2.46. The number of rotatable bonds is 5. The molecule has 3 aromatic carbocycles. The Bertz CT molecular complexity index is 779. The summed E-state index contributed by atoms with van der Waals surface area (Å²) in [4.78, 5) is 0. The van der Waals surface area contributed by atoms with E-state index in [1.54, 1.807) is 0 Å². The van der Waals surface area contributed by atoms with Gasteiger partial charge in [0.15, 0.2) is 0 Å². The molecule has 0 aromatic heterocycles. The fourth-order valence-corrected chi connectivity index (χ4v) is 4.48. The Balaban J connectivity index is 1.69. The topological polar surface area (TPSA) is 21.8 Å². The molecule has 2 heteroatoms. The maximum Gasteiger partial charge on any atom is 0.144 e. The number of benzene rings is 3.